The zero-order chi connectivity index (χ0) is 19.0. The lowest BCUT2D eigenvalue weighted by atomic mass is 10.0. The first kappa shape index (κ1) is 18.2. The van der Waals surface area contributed by atoms with E-state index in [1.807, 2.05) is 36.4 Å². The van der Waals surface area contributed by atoms with Crippen LogP contribution in [0.15, 0.2) is 36.4 Å². The van der Waals surface area contributed by atoms with Crippen LogP contribution < -0.4 is 9.47 Å². The van der Waals surface area contributed by atoms with E-state index in [1.54, 1.807) is 0 Å². The molecule has 1 heterocycles. The Kier molecular flexibility index (Phi) is 4.77. The van der Waals surface area contributed by atoms with E-state index >= 15 is 0 Å². The van der Waals surface area contributed by atoms with E-state index in [0.29, 0.717) is 18.2 Å². The predicted molar refractivity (Wildman–Crippen MR) is 103 cm³/mol. The second-order valence-electron chi connectivity index (χ2n) is 7.91. The maximum Gasteiger partial charge on any atom is 0.309 e. The third kappa shape index (κ3) is 4.38. The van der Waals surface area contributed by atoms with Crippen LogP contribution in [0.4, 0.5) is 0 Å². The lowest BCUT2D eigenvalue weighted by Crippen LogP contribution is -2.25. The van der Waals surface area contributed by atoms with Crippen LogP contribution in [0.1, 0.15) is 43.4 Å². The third-order valence-electron chi connectivity index (χ3n) is 4.81. The van der Waals surface area contributed by atoms with E-state index in [1.165, 1.54) is 0 Å². The molecule has 0 amide bonds. The van der Waals surface area contributed by atoms with Gasteiger partial charge >= 0.3 is 5.97 Å². The Morgan fingerprint density at radius 1 is 1.19 bits per heavy atom. The van der Waals surface area contributed by atoms with Crippen LogP contribution in [0.25, 0.3) is 0 Å². The summed E-state index contributed by atoms with van der Waals surface area (Å²) in [5, 5.41) is 0.696. The van der Waals surface area contributed by atoms with Crippen LogP contribution in [-0.4, -0.2) is 11.6 Å². The van der Waals surface area contributed by atoms with Gasteiger partial charge in [-0.3, -0.25) is 4.79 Å². The molecular weight excluding hydrogens is 364 g/mol. The normalized spacial score (nSPS) is 17.1. The molecule has 142 valence electrons. The first-order chi connectivity index (χ1) is 12.9. The first-order valence-corrected chi connectivity index (χ1v) is 9.66. The molecule has 0 radical (unpaired) electrons. The summed E-state index contributed by atoms with van der Waals surface area (Å²) in [6.45, 7) is 4.83. The minimum atomic E-state index is -0.221. The van der Waals surface area contributed by atoms with Gasteiger partial charge in [0.15, 0.2) is 0 Å². The summed E-state index contributed by atoms with van der Waals surface area (Å²) in [6, 6.07) is 11.5. The molecule has 5 heteroatoms. The standard InChI is InChI=1S/C22H23ClO4/c1-22(2)11-16-9-18(23)10-17(20(16)27-22)13-25-19-7-3-14(4-8-19)12-26-21(24)15-5-6-15/h3-4,7-10,15H,5-6,11-13H2,1-2H3. The largest absolute Gasteiger partial charge is 0.489 e. The van der Waals surface area contributed by atoms with Crippen molar-refractivity contribution < 1.29 is 19.0 Å². The summed E-state index contributed by atoms with van der Waals surface area (Å²) >= 11 is 6.26. The molecule has 2 aromatic carbocycles. The highest BCUT2D eigenvalue weighted by molar-refractivity contribution is 6.30. The summed E-state index contributed by atoms with van der Waals surface area (Å²) in [5.41, 5.74) is 2.80. The van der Waals surface area contributed by atoms with Gasteiger partial charge < -0.3 is 14.2 Å². The van der Waals surface area contributed by atoms with Gasteiger partial charge in [-0.05, 0) is 62.1 Å². The van der Waals surface area contributed by atoms with Crippen molar-refractivity contribution in [2.24, 2.45) is 5.92 Å². The van der Waals surface area contributed by atoms with Crippen LogP contribution in [0, 0.1) is 5.92 Å². The second kappa shape index (κ2) is 7.08. The molecule has 1 aliphatic heterocycles. The average Bonchev–Trinajstić information content (AvgIpc) is 3.41. The van der Waals surface area contributed by atoms with Gasteiger partial charge in [0, 0.05) is 17.0 Å². The number of benzene rings is 2. The van der Waals surface area contributed by atoms with E-state index < -0.39 is 0 Å². The number of ether oxygens (including phenoxy) is 3. The maximum atomic E-state index is 11.6. The molecule has 1 saturated carbocycles. The molecule has 2 aromatic rings. The summed E-state index contributed by atoms with van der Waals surface area (Å²) < 4.78 is 17.3. The van der Waals surface area contributed by atoms with Crippen molar-refractivity contribution in [2.45, 2.75) is 51.9 Å². The van der Waals surface area contributed by atoms with Gasteiger partial charge in [0.05, 0.1) is 5.92 Å². The van der Waals surface area contributed by atoms with Crippen molar-refractivity contribution >= 4 is 17.6 Å². The lowest BCUT2D eigenvalue weighted by molar-refractivity contribution is -0.146. The van der Waals surface area contributed by atoms with Crippen LogP contribution in [0.5, 0.6) is 11.5 Å². The highest BCUT2D eigenvalue weighted by Crippen LogP contribution is 2.40. The number of hydrogen-bond donors (Lipinski definition) is 0. The minimum Gasteiger partial charge on any atom is -0.489 e. The fraction of sp³-hybridized carbons (Fsp3) is 0.409. The second-order valence-corrected chi connectivity index (χ2v) is 8.34. The molecule has 4 rings (SSSR count). The maximum absolute atomic E-state index is 11.6. The number of esters is 1. The van der Waals surface area contributed by atoms with Gasteiger partial charge in [-0.1, -0.05) is 23.7 Å². The molecule has 0 saturated heterocycles. The number of carbonyl (C=O) groups is 1. The topological polar surface area (TPSA) is 44.8 Å². The van der Waals surface area contributed by atoms with E-state index in [9.17, 15) is 4.79 Å². The first-order valence-electron chi connectivity index (χ1n) is 9.28. The van der Waals surface area contributed by atoms with Crippen molar-refractivity contribution in [3.8, 4) is 11.5 Å². The summed E-state index contributed by atoms with van der Waals surface area (Å²) in [4.78, 5) is 11.6. The van der Waals surface area contributed by atoms with E-state index in [2.05, 4.69) is 13.8 Å². The lowest BCUT2D eigenvalue weighted by Gasteiger charge is -2.18. The van der Waals surface area contributed by atoms with Crippen molar-refractivity contribution in [1.29, 1.82) is 0 Å². The Balaban J connectivity index is 1.37. The molecule has 2 aliphatic rings. The van der Waals surface area contributed by atoms with Crippen molar-refractivity contribution in [2.75, 3.05) is 0 Å². The smallest absolute Gasteiger partial charge is 0.309 e. The molecule has 1 fully saturated rings. The van der Waals surface area contributed by atoms with Crippen LogP contribution in [0.2, 0.25) is 5.02 Å². The van der Waals surface area contributed by atoms with Gasteiger partial charge in [0.25, 0.3) is 0 Å². The predicted octanol–water partition coefficient (Wildman–Crippen LogP) is 5.09. The highest BCUT2D eigenvalue weighted by Gasteiger charge is 2.32. The SMILES string of the molecule is CC1(C)Cc2cc(Cl)cc(COc3ccc(COC(=O)C4CC4)cc3)c2O1. The fourth-order valence-electron chi connectivity index (χ4n) is 3.29. The van der Waals surface area contributed by atoms with E-state index in [-0.39, 0.29) is 17.5 Å². The number of halogens is 1. The number of rotatable bonds is 6. The molecule has 27 heavy (non-hydrogen) atoms. The molecule has 0 atom stereocenters. The Morgan fingerprint density at radius 3 is 2.63 bits per heavy atom. The van der Waals surface area contributed by atoms with E-state index in [0.717, 1.165) is 47.5 Å². The molecular formula is C22H23ClO4. The van der Waals surface area contributed by atoms with Gasteiger partial charge in [0.2, 0.25) is 0 Å². The van der Waals surface area contributed by atoms with Crippen LogP contribution >= 0.6 is 11.6 Å². The number of fused-ring (bicyclic) bond motifs is 1. The summed E-state index contributed by atoms with van der Waals surface area (Å²) in [7, 11) is 0. The minimum absolute atomic E-state index is 0.0898. The molecule has 0 unspecified atom stereocenters. The summed E-state index contributed by atoms with van der Waals surface area (Å²) in [5.74, 6) is 1.67. The van der Waals surface area contributed by atoms with Gasteiger partial charge in [0.1, 0.15) is 30.3 Å². The van der Waals surface area contributed by atoms with Gasteiger partial charge in [-0.25, -0.2) is 0 Å². The molecule has 4 nitrogen and oxygen atoms in total. The van der Waals surface area contributed by atoms with Crippen molar-refractivity contribution in [1.82, 2.24) is 0 Å². The Morgan fingerprint density at radius 2 is 1.93 bits per heavy atom. The summed E-state index contributed by atoms with van der Waals surface area (Å²) in [6.07, 6.45) is 2.75. The molecule has 0 N–H and O–H groups in total. The van der Waals surface area contributed by atoms with Crippen LogP contribution in [0.3, 0.4) is 0 Å². The molecule has 0 spiro atoms. The van der Waals surface area contributed by atoms with Crippen LogP contribution in [-0.2, 0) is 29.2 Å². The average molecular weight is 387 g/mol. The monoisotopic (exact) mass is 386 g/mol. The Labute approximate surface area is 164 Å². The quantitative estimate of drug-likeness (QED) is 0.649. The Hall–Kier alpha value is -2.20. The van der Waals surface area contributed by atoms with Gasteiger partial charge in [-0.2, -0.15) is 0 Å². The number of hydrogen-bond acceptors (Lipinski definition) is 4. The fourth-order valence-corrected chi connectivity index (χ4v) is 3.55. The van der Waals surface area contributed by atoms with E-state index in [4.69, 9.17) is 25.8 Å². The highest BCUT2D eigenvalue weighted by atomic mass is 35.5. The third-order valence-corrected chi connectivity index (χ3v) is 5.03. The molecule has 1 aliphatic carbocycles. The van der Waals surface area contributed by atoms with Gasteiger partial charge in [-0.15, -0.1) is 0 Å². The Bertz CT molecular complexity index is 853. The molecule has 0 bridgehead atoms. The number of carbonyl (C=O) groups excluding carboxylic acids is 1. The zero-order valence-corrected chi connectivity index (χ0v) is 16.3. The molecule has 0 aromatic heterocycles. The van der Waals surface area contributed by atoms with Crippen molar-refractivity contribution in [3.63, 3.8) is 0 Å². The van der Waals surface area contributed by atoms with Crippen molar-refractivity contribution in [3.05, 3.63) is 58.1 Å². The zero-order valence-electron chi connectivity index (χ0n) is 15.6.